The van der Waals surface area contributed by atoms with Crippen LogP contribution in [0.15, 0.2) is 24.5 Å². The molecular formula is C12H15N3OS. The molecular weight excluding hydrogens is 234 g/mol. The summed E-state index contributed by atoms with van der Waals surface area (Å²) in [6.45, 7) is 0. The summed E-state index contributed by atoms with van der Waals surface area (Å²) in [5, 5.41) is 2.84. The molecule has 90 valence electrons. The molecule has 1 saturated carbocycles. The molecule has 1 aliphatic carbocycles. The molecule has 17 heavy (non-hydrogen) atoms. The van der Waals surface area contributed by atoms with E-state index in [0.29, 0.717) is 10.7 Å². The third-order valence-electron chi connectivity index (χ3n) is 3.28. The van der Waals surface area contributed by atoms with Crippen molar-refractivity contribution in [2.75, 3.05) is 5.32 Å². The van der Waals surface area contributed by atoms with Crippen LogP contribution in [0.4, 0.5) is 5.69 Å². The van der Waals surface area contributed by atoms with E-state index >= 15 is 0 Å². The van der Waals surface area contributed by atoms with Crippen molar-refractivity contribution in [2.24, 2.45) is 11.1 Å². The maximum atomic E-state index is 12.3. The SMILES string of the molecule is NC(=S)C1(C(=O)Nc2cccnc2)CCCC1. The summed E-state index contributed by atoms with van der Waals surface area (Å²) >= 11 is 5.06. The Kier molecular flexibility index (Phi) is 3.38. The molecule has 1 amide bonds. The van der Waals surface area contributed by atoms with Gasteiger partial charge in [0, 0.05) is 6.20 Å². The summed E-state index contributed by atoms with van der Waals surface area (Å²) in [5.74, 6) is -0.101. The highest BCUT2D eigenvalue weighted by Gasteiger charge is 2.43. The minimum absolute atomic E-state index is 0.101. The van der Waals surface area contributed by atoms with Crippen molar-refractivity contribution in [1.29, 1.82) is 0 Å². The lowest BCUT2D eigenvalue weighted by atomic mass is 9.85. The zero-order valence-corrected chi connectivity index (χ0v) is 10.3. The standard InChI is InChI=1S/C12H15N3OS/c13-10(17)12(5-1-2-6-12)11(16)15-9-4-3-7-14-8-9/h3-4,7-8H,1-2,5-6H2,(H2,13,17)(H,15,16). The van der Waals surface area contributed by atoms with Gasteiger partial charge in [-0.1, -0.05) is 25.1 Å². The zero-order valence-electron chi connectivity index (χ0n) is 9.48. The smallest absolute Gasteiger partial charge is 0.237 e. The Labute approximate surface area is 106 Å². The van der Waals surface area contributed by atoms with Crippen LogP contribution in [0.25, 0.3) is 0 Å². The molecule has 3 N–H and O–H groups in total. The number of pyridine rings is 1. The lowest BCUT2D eigenvalue weighted by Gasteiger charge is -2.26. The van der Waals surface area contributed by atoms with Gasteiger partial charge in [-0.2, -0.15) is 0 Å². The number of rotatable bonds is 3. The molecule has 0 atom stereocenters. The second-order valence-electron chi connectivity index (χ2n) is 4.35. The number of nitrogens with one attached hydrogen (secondary N) is 1. The topological polar surface area (TPSA) is 68.0 Å². The van der Waals surface area contributed by atoms with E-state index in [9.17, 15) is 4.79 Å². The van der Waals surface area contributed by atoms with Gasteiger partial charge in [0.05, 0.1) is 22.3 Å². The Hall–Kier alpha value is -1.49. The van der Waals surface area contributed by atoms with E-state index < -0.39 is 5.41 Å². The Morgan fingerprint density at radius 3 is 2.71 bits per heavy atom. The second kappa shape index (κ2) is 4.79. The van der Waals surface area contributed by atoms with Gasteiger partial charge in [-0.05, 0) is 25.0 Å². The minimum Gasteiger partial charge on any atom is -0.392 e. The molecule has 2 rings (SSSR count). The number of anilines is 1. The number of carbonyl (C=O) groups excluding carboxylic acids is 1. The third-order valence-corrected chi connectivity index (χ3v) is 3.67. The van der Waals surface area contributed by atoms with E-state index in [4.69, 9.17) is 18.0 Å². The third kappa shape index (κ3) is 2.29. The molecule has 0 radical (unpaired) electrons. The maximum absolute atomic E-state index is 12.3. The van der Waals surface area contributed by atoms with Crippen molar-refractivity contribution in [3.63, 3.8) is 0 Å². The summed E-state index contributed by atoms with van der Waals surface area (Å²) in [6.07, 6.45) is 6.76. The predicted molar refractivity (Wildman–Crippen MR) is 70.6 cm³/mol. The Morgan fingerprint density at radius 2 is 2.18 bits per heavy atom. The van der Waals surface area contributed by atoms with Crippen LogP contribution in [0.3, 0.4) is 0 Å². The van der Waals surface area contributed by atoms with Gasteiger partial charge in [0.1, 0.15) is 0 Å². The van der Waals surface area contributed by atoms with Gasteiger partial charge in [0.15, 0.2) is 0 Å². The van der Waals surface area contributed by atoms with Crippen molar-refractivity contribution >= 4 is 28.8 Å². The molecule has 1 aromatic heterocycles. The van der Waals surface area contributed by atoms with Gasteiger partial charge in [0.25, 0.3) is 0 Å². The fourth-order valence-electron chi connectivity index (χ4n) is 2.25. The molecule has 4 nitrogen and oxygen atoms in total. The van der Waals surface area contributed by atoms with Crippen molar-refractivity contribution in [3.8, 4) is 0 Å². The van der Waals surface area contributed by atoms with E-state index in [1.807, 2.05) is 0 Å². The Morgan fingerprint density at radius 1 is 1.47 bits per heavy atom. The van der Waals surface area contributed by atoms with Crippen LogP contribution in [-0.4, -0.2) is 15.9 Å². The predicted octanol–water partition coefficient (Wildman–Crippen LogP) is 1.87. The molecule has 0 aliphatic heterocycles. The average Bonchev–Trinajstić information content (AvgIpc) is 2.80. The molecule has 0 aromatic carbocycles. The molecule has 1 fully saturated rings. The zero-order chi connectivity index (χ0) is 12.3. The number of hydrogen-bond acceptors (Lipinski definition) is 3. The number of carbonyl (C=O) groups is 1. The van der Waals surface area contributed by atoms with Crippen LogP contribution in [0, 0.1) is 5.41 Å². The molecule has 0 bridgehead atoms. The van der Waals surface area contributed by atoms with E-state index in [0.717, 1.165) is 25.7 Å². The van der Waals surface area contributed by atoms with Crippen LogP contribution in [0.2, 0.25) is 0 Å². The summed E-state index contributed by atoms with van der Waals surface area (Å²) in [7, 11) is 0. The van der Waals surface area contributed by atoms with E-state index in [2.05, 4.69) is 10.3 Å². The van der Waals surface area contributed by atoms with Crippen molar-refractivity contribution in [3.05, 3.63) is 24.5 Å². The number of amides is 1. The van der Waals surface area contributed by atoms with Crippen molar-refractivity contribution in [2.45, 2.75) is 25.7 Å². The lowest BCUT2D eigenvalue weighted by Crippen LogP contribution is -2.43. The fraction of sp³-hybridized carbons (Fsp3) is 0.417. The summed E-state index contributed by atoms with van der Waals surface area (Å²) < 4.78 is 0. The normalized spacial score (nSPS) is 17.6. The van der Waals surface area contributed by atoms with Crippen LogP contribution in [0.1, 0.15) is 25.7 Å². The Bertz CT molecular complexity index is 427. The van der Waals surface area contributed by atoms with Gasteiger partial charge in [-0.25, -0.2) is 0 Å². The number of nitrogens with two attached hydrogens (primary N) is 1. The molecule has 1 aliphatic rings. The first-order valence-electron chi connectivity index (χ1n) is 5.66. The largest absolute Gasteiger partial charge is 0.392 e. The van der Waals surface area contributed by atoms with Crippen molar-refractivity contribution in [1.82, 2.24) is 4.98 Å². The summed E-state index contributed by atoms with van der Waals surface area (Å²) in [6, 6.07) is 3.57. The second-order valence-corrected chi connectivity index (χ2v) is 4.79. The summed E-state index contributed by atoms with van der Waals surface area (Å²) in [5.41, 5.74) is 5.76. The van der Waals surface area contributed by atoms with Crippen LogP contribution in [0.5, 0.6) is 0 Å². The first kappa shape index (κ1) is 12.0. The highest BCUT2D eigenvalue weighted by Crippen LogP contribution is 2.39. The van der Waals surface area contributed by atoms with Gasteiger partial charge in [-0.3, -0.25) is 9.78 Å². The van der Waals surface area contributed by atoms with E-state index in [-0.39, 0.29) is 5.91 Å². The Balaban J connectivity index is 2.16. The molecule has 5 heteroatoms. The lowest BCUT2D eigenvalue weighted by molar-refractivity contribution is -0.122. The van der Waals surface area contributed by atoms with Gasteiger partial charge in [0.2, 0.25) is 5.91 Å². The quantitative estimate of drug-likeness (QED) is 0.802. The highest BCUT2D eigenvalue weighted by atomic mass is 32.1. The number of aromatic nitrogens is 1. The van der Waals surface area contributed by atoms with E-state index in [1.54, 1.807) is 24.5 Å². The first-order chi connectivity index (χ1) is 8.15. The van der Waals surface area contributed by atoms with Gasteiger partial charge >= 0.3 is 0 Å². The molecule has 1 aromatic rings. The minimum atomic E-state index is -0.662. The molecule has 0 unspecified atom stereocenters. The number of nitrogens with zero attached hydrogens (tertiary/aromatic N) is 1. The molecule has 0 spiro atoms. The fourth-order valence-corrected chi connectivity index (χ4v) is 2.55. The average molecular weight is 249 g/mol. The number of thiocarbonyl (C=S) groups is 1. The monoisotopic (exact) mass is 249 g/mol. The van der Waals surface area contributed by atoms with Crippen molar-refractivity contribution < 1.29 is 4.79 Å². The summed E-state index contributed by atoms with van der Waals surface area (Å²) in [4.78, 5) is 16.5. The highest BCUT2D eigenvalue weighted by molar-refractivity contribution is 7.80. The number of hydrogen-bond donors (Lipinski definition) is 2. The maximum Gasteiger partial charge on any atom is 0.237 e. The first-order valence-corrected chi connectivity index (χ1v) is 6.07. The van der Waals surface area contributed by atoms with Gasteiger partial charge in [-0.15, -0.1) is 0 Å². The molecule has 1 heterocycles. The molecule has 0 saturated heterocycles. The van der Waals surface area contributed by atoms with Crippen LogP contribution in [-0.2, 0) is 4.79 Å². The van der Waals surface area contributed by atoms with Crippen LogP contribution < -0.4 is 11.1 Å². The van der Waals surface area contributed by atoms with E-state index in [1.165, 1.54) is 0 Å². The van der Waals surface area contributed by atoms with Crippen LogP contribution >= 0.6 is 12.2 Å². The van der Waals surface area contributed by atoms with Gasteiger partial charge < -0.3 is 11.1 Å².